The van der Waals surface area contributed by atoms with Gasteiger partial charge in [0.25, 0.3) is 10.0 Å². The van der Waals surface area contributed by atoms with Gasteiger partial charge in [-0.05, 0) is 48.0 Å². The van der Waals surface area contributed by atoms with Gasteiger partial charge in [-0.15, -0.1) is 0 Å². The number of benzene rings is 3. The Morgan fingerprint density at radius 2 is 1.79 bits per heavy atom. The number of fused-ring (bicyclic) bond motifs is 2. The second-order valence-corrected chi connectivity index (χ2v) is 8.84. The number of sulfonamides is 1. The Kier molecular flexibility index (Phi) is 4.72. The number of aliphatic carboxylic acids is 1. The highest BCUT2D eigenvalue weighted by molar-refractivity contribution is 7.92. The van der Waals surface area contributed by atoms with Crippen LogP contribution in [-0.2, 0) is 21.4 Å². The molecule has 0 amide bonds. The minimum absolute atomic E-state index is 0.122. The van der Waals surface area contributed by atoms with Gasteiger partial charge in [0.1, 0.15) is 6.54 Å². The molecule has 0 fully saturated rings. The van der Waals surface area contributed by atoms with E-state index in [4.69, 9.17) is 11.6 Å². The zero-order chi connectivity index (χ0) is 20.8. The van der Waals surface area contributed by atoms with Crippen molar-refractivity contribution in [1.29, 1.82) is 0 Å². The Hall–Kier alpha value is -3.03. The van der Waals surface area contributed by atoms with Crippen LogP contribution in [0.3, 0.4) is 0 Å². The molecule has 0 saturated carbocycles. The summed E-state index contributed by atoms with van der Waals surface area (Å²) < 4.78 is 30.4. The van der Waals surface area contributed by atoms with Crippen LogP contribution in [0, 0.1) is 6.92 Å². The Morgan fingerprint density at radius 3 is 2.52 bits per heavy atom. The van der Waals surface area contributed by atoms with Gasteiger partial charge >= 0.3 is 5.97 Å². The highest BCUT2D eigenvalue weighted by Crippen LogP contribution is 2.34. The van der Waals surface area contributed by atoms with Gasteiger partial charge in [-0.2, -0.15) is 0 Å². The lowest BCUT2D eigenvalue weighted by atomic mass is 10.1. The standard InChI is InChI=1S/C21H17ClN2O4S/c1-13-21(18-11-16(22)7-9-19(18)24(13)12-20(25)26)23-29(27,28)17-8-6-14-4-2-3-5-15(14)10-17/h2-11,23H,12H2,1H3,(H,25,26). The smallest absolute Gasteiger partial charge is 0.323 e. The Balaban J connectivity index is 1.84. The van der Waals surface area contributed by atoms with Crippen LogP contribution in [-0.4, -0.2) is 24.1 Å². The summed E-state index contributed by atoms with van der Waals surface area (Å²) in [4.78, 5) is 11.4. The van der Waals surface area contributed by atoms with Crippen LogP contribution in [0.1, 0.15) is 5.69 Å². The molecular formula is C21H17ClN2O4S. The van der Waals surface area contributed by atoms with Gasteiger partial charge in [-0.1, -0.05) is 41.9 Å². The second kappa shape index (κ2) is 7.09. The van der Waals surface area contributed by atoms with E-state index >= 15 is 0 Å². The maximum absolute atomic E-state index is 13.1. The molecule has 0 spiro atoms. The second-order valence-electron chi connectivity index (χ2n) is 6.72. The number of hydrogen-bond acceptors (Lipinski definition) is 3. The third-order valence-corrected chi connectivity index (χ3v) is 6.43. The van der Waals surface area contributed by atoms with Crippen LogP contribution >= 0.6 is 11.6 Å². The van der Waals surface area contributed by atoms with Crippen LogP contribution in [0.2, 0.25) is 5.02 Å². The van der Waals surface area contributed by atoms with E-state index in [9.17, 15) is 18.3 Å². The number of carbonyl (C=O) groups is 1. The first-order valence-corrected chi connectivity index (χ1v) is 10.6. The van der Waals surface area contributed by atoms with Crippen molar-refractivity contribution in [3.63, 3.8) is 0 Å². The van der Waals surface area contributed by atoms with E-state index in [1.807, 2.05) is 24.3 Å². The van der Waals surface area contributed by atoms with Crippen LogP contribution in [0.5, 0.6) is 0 Å². The monoisotopic (exact) mass is 428 g/mol. The molecule has 0 atom stereocenters. The van der Waals surface area contributed by atoms with Crippen molar-refractivity contribution in [2.24, 2.45) is 0 Å². The molecule has 0 aliphatic carbocycles. The van der Waals surface area contributed by atoms with Gasteiger partial charge in [-0.3, -0.25) is 9.52 Å². The van der Waals surface area contributed by atoms with E-state index in [2.05, 4.69) is 4.72 Å². The molecule has 4 rings (SSSR count). The summed E-state index contributed by atoms with van der Waals surface area (Å²) in [6, 6.07) is 17.3. The number of nitrogens with one attached hydrogen (secondary N) is 1. The Labute approximate surface area is 172 Å². The van der Waals surface area contributed by atoms with Crippen molar-refractivity contribution >= 4 is 55.0 Å². The molecule has 0 bridgehead atoms. The summed E-state index contributed by atoms with van der Waals surface area (Å²) in [5.41, 5.74) is 1.40. The molecule has 0 aliphatic rings. The van der Waals surface area contributed by atoms with Gasteiger partial charge < -0.3 is 9.67 Å². The fraction of sp³-hybridized carbons (Fsp3) is 0.0952. The van der Waals surface area contributed by atoms with Crippen molar-refractivity contribution in [3.05, 3.63) is 71.4 Å². The zero-order valence-corrected chi connectivity index (χ0v) is 17.0. The van der Waals surface area contributed by atoms with Crippen molar-refractivity contribution in [2.75, 3.05) is 4.72 Å². The van der Waals surface area contributed by atoms with Crippen LogP contribution in [0.15, 0.2) is 65.6 Å². The SMILES string of the molecule is Cc1c(NS(=O)(=O)c2ccc3ccccc3c2)c2cc(Cl)ccc2n1CC(=O)O. The number of hydrogen-bond donors (Lipinski definition) is 2. The average molecular weight is 429 g/mol. The number of halogens is 1. The molecule has 0 aliphatic heterocycles. The topological polar surface area (TPSA) is 88.4 Å². The lowest BCUT2D eigenvalue weighted by molar-refractivity contribution is -0.137. The summed E-state index contributed by atoms with van der Waals surface area (Å²) in [5.74, 6) is -1.02. The summed E-state index contributed by atoms with van der Waals surface area (Å²) >= 11 is 6.11. The number of carboxylic acids is 1. The fourth-order valence-electron chi connectivity index (χ4n) is 3.45. The largest absolute Gasteiger partial charge is 0.480 e. The van der Waals surface area contributed by atoms with Gasteiger partial charge in [0.15, 0.2) is 0 Å². The normalized spacial score (nSPS) is 11.8. The van der Waals surface area contributed by atoms with Crippen LogP contribution < -0.4 is 4.72 Å². The number of aromatic nitrogens is 1. The first-order chi connectivity index (χ1) is 13.8. The molecule has 4 aromatic rings. The summed E-state index contributed by atoms with van der Waals surface area (Å²) in [5, 5.41) is 12.0. The van der Waals surface area contributed by atoms with E-state index in [0.717, 1.165) is 10.8 Å². The fourth-order valence-corrected chi connectivity index (χ4v) is 4.80. The molecule has 148 valence electrons. The molecule has 8 heteroatoms. The lowest BCUT2D eigenvalue weighted by Gasteiger charge is -2.10. The molecule has 0 saturated heterocycles. The predicted octanol–water partition coefficient (Wildman–Crippen LogP) is 4.64. The molecule has 6 nitrogen and oxygen atoms in total. The van der Waals surface area contributed by atoms with Crippen molar-refractivity contribution in [2.45, 2.75) is 18.4 Å². The van der Waals surface area contributed by atoms with E-state index in [-0.39, 0.29) is 11.4 Å². The maximum atomic E-state index is 13.1. The lowest BCUT2D eigenvalue weighted by Crippen LogP contribution is -2.14. The summed E-state index contributed by atoms with van der Waals surface area (Å²) in [7, 11) is -3.90. The molecule has 1 heterocycles. The third kappa shape index (κ3) is 3.54. The van der Waals surface area contributed by atoms with Gasteiger partial charge in [-0.25, -0.2) is 8.42 Å². The first kappa shape index (κ1) is 19.3. The van der Waals surface area contributed by atoms with Crippen molar-refractivity contribution < 1.29 is 18.3 Å². The van der Waals surface area contributed by atoms with Gasteiger partial charge in [0.05, 0.1) is 16.1 Å². The Morgan fingerprint density at radius 1 is 1.07 bits per heavy atom. The molecule has 3 aromatic carbocycles. The molecule has 0 unspecified atom stereocenters. The minimum Gasteiger partial charge on any atom is -0.480 e. The predicted molar refractivity (Wildman–Crippen MR) is 114 cm³/mol. The summed E-state index contributed by atoms with van der Waals surface area (Å²) in [6.07, 6.45) is 0. The quantitative estimate of drug-likeness (QED) is 0.484. The highest BCUT2D eigenvalue weighted by atomic mass is 35.5. The molecule has 29 heavy (non-hydrogen) atoms. The highest BCUT2D eigenvalue weighted by Gasteiger charge is 2.22. The number of nitrogens with zero attached hydrogens (tertiary/aromatic N) is 1. The molecular weight excluding hydrogens is 412 g/mol. The minimum atomic E-state index is -3.90. The zero-order valence-electron chi connectivity index (χ0n) is 15.4. The molecule has 1 aromatic heterocycles. The van der Waals surface area contributed by atoms with Crippen molar-refractivity contribution in [3.8, 4) is 0 Å². The number of carboxylic acid groups (broad SMARTS) is 1. The van der Waals surface area contributed by atoms with E-state index in [0.29, 0.717) is 27.3 Å². The van der Waals surface area contributed by atoms with E-state index in [1.54, 1.807) is 47.9 Å². The van der Waals surface area contributed by atoms with E-state index in [1.165, 1.54) is 0 Å². The third-order valence-electron chi connectivity index (χ3n) is 4.85. The van der Waals surface area contributed by atoms with Gasteiger partial charge in [0.2, 0.25) is 0 Å². The van der Waals surface area contributed by atoms with Crippen LogP contribution in [0.25, 0.3) is 21.7 Å². The van der Waals surface area contributed by atoms with Crippen molar-refractivity contribution in [1.82, 2.24) is 4.57 Å². The Bertz CT molecular complexity index is 1380. The average Bonchev–Trinajstić information content (AvgIpc) is 2.92. The van der Waals surface area contributed by atoms with Gasteiger partial charge in [0, 0.05) is 16.1 Å². The first-order valence-electron chi connectivity index (χ1n) is 8.78. The molecule has 0 radical (unpaired) electrons. The number of anilines is 1. The maximum Gasteiger partial charge on any atom is 0.323 e. The summed E-state index contributed by atoms with van der Waals surface area (Å²) in [6.45, 7) is 1.39. The molecule has 2 N–H and O–H groups in total. The number of rotatable bonds is 5. The van der Waals surface area contributed by atoms with E-state index < -0.39 is 16.0 Å². The van der Waals surface area contributed by atoms with Crippen LogP contribution in [0.4, 0.5) is 5.69 Å².